The highest BCUT2D eigenvalue weighted by atomic mass is 32.2. The average molecular weight is 332 g/mol. The van der Waals surface area contributed by atoms with Gasteiger partial charge in [0.25, 0.3) is 0 Å². The number of thioether (sulfide) groups is 1. The second kappa shape index (κ2) is 7.23. The highest BCUT2D eigenvalue weighted by Crippen LogP contribution is 2.20. The minimum Gasteiger partial charge on any atom is -0.376 e. The zero-order chi connectivity index (χ0) is 16.2. The number of hydrogen-bond acceptors (Lipinski definition) is 6. The summed E-state index contributed by atoms with van der Waals surface area (Å²) in [5, 5.41) is 12.4. The number of carbonyl (C=O) groups excluding carboxylic acids is 1. The van der Waals surface area contributed by atoms with Crippen molar-refractivity contribution in [3.05, 3.63) is 34.9 Å². The van der Waals surface area contributed by atoms with Gasteiger partial charge in [0.1, 0.15) is 0 Å². The Morgan fingerprint density at radius 3 is 3.09 bits per heavy atom. The molecule has 0 spiro atoms. The minimum absolute atomic E-state index is 0.0999. The van der Waals surface area contributed by atoms with Crippen LogP contribution in [0.5, 0.6) is 0 Å². The van der Waals surface area contributed by atoms with E-state index in [0.29, 0.717) is 17.5 Å². The van der Waals surface area contributed by atoms with Crippen LogP contribution in [0.25, 0.3) is 0 Å². The zero-order valence-electron chi connectivity index (χ0n) is 13.4. The van der Waals surface area contributed by atoms with Gasteiger partial charge in [-0.25, -0.2) is 4.68 Å². The average Bonchev–Trinajstić information content (AvgIpc) is 3.20. The molecule has 1 aliphatic heterocycles. The Morgan fingerprint density at radius 2 is 2.30 bits per heavy atom. The number of hydrogen-bond donors (Lipinski definition) is 0. The molecule has 0 aliphatic carbocycles. The van der Waals surface area contributed by atoms with Crippen LogP contribution in [0.4, 0.5) is 0 Å². The van der Waals surface area contributed by atoms with Crippen molar-refractivity contribution in [3.8, 4) is 0 Å². The van der Waals surface area contributed by atoms with Crippen molar-refractivity contribution in [2.75, 3.05) is 12.4 Å². The first-order valence-corrected chi connectivity index (χ1v) is 8.73. The van der Waals surface area contributed by atoms with Crippen LogP contribution in [0.3, 0.4) is 0 Å². The standard InChI is InChI=1S/C16H20N4O2S/c1-11-5-6-12(2)14(8-11)15(21)10-23-16-17-18-19-20(16)9-13-4-3-7-22-13/h5-6,8,13H,3-4,7,9-10H2,1-2H3. The Bertz CT molecular complexity index is 695. The van der Waals surface area contributed by atoms with E-state index in [1.807, 2.05) is 32.0 Å². The van der Waals surface area contributed by atoms with E-state index in [2.05, 4.69) is 15.5 Å². The molecule has 3 rings (SSSR count). The van der Waals surface area contributed by atoms with Gasteiger partial charge in [0.05, 0.1) is 18.4 Å². The monoisotopic (exact) mass is 332 g/mol. The number of ketones is 1. The van der Waals surface area contributed by atoms with E-state index in [1.54, 1.807) is 4.68 Å². The van der Waals surface area contributed by atoms with Crippen LogP contribution < -0.4 is 0 Å². The molecule has 1 aliphatic rings. The maximum atomic E-state index is 12.4. The first-order chi connectivity index (χ1) is 11.1. The quantitative estimate of drug-likeness (QED) is 0.598. The van der Waals surface area contributed by atoms with Gasteiger partial charge in [-0.15, -0.1) is 5.10 Å². The summed E-state index contributed by atoms with van der Waals surface area (Å²) < 4.78 is 7.35. The van der Waals surface area contributed by atoms with Crippen LogP contribution >= 0.6 is 11.8 Å². The highest BCUT2D eigenvalue weighted by Gasteiger charge is 2.19. The number of aromatic nitrogens is 4. The summed E-state index contributed by atoms with van der Waals surface area (Å²) in [7, 11) is 0. The number of Topliss-reactive ketones (excluding diaryl/α,β-unsaturated/α-hetero) is 1. The van der Waals surface area contributed by atoms with E-state index in [9.17, 15) is 4.79 Å². The predicted molar refractivity (Wildman–Crippen MR) is 87.8 cm³/mol. The molecule has 0 radical (unpaired) electrons. The molecule has 0 N–H and O–H groups in total. The van der Waals surface area contributed by atoms with Gasteiger partial charge in [-0.1, -0.05) is 29.5 Å². The molecule has 122 valence electrons. The lowest BCUT2D eigenvalue weighted by molar-refractivity contribution is 0.0912. The first kappa shape index (κ1) is 16.1. The molecule has 1 fully saturated rings. The van der Waals surface area contributed by atoms with Crippen LogP contribution in [-0.4, -0.2) is 44.5 Å². The molecule has 0 bridgehead atoms. The number of aryl methyl sites for hydroxylation is 2. The van der Waals surface area contributed by atoms with Crippen molar-refractivity contribution in [2.45, 2.75) is 44.5 Å². The molecular formula is C16H20N4O2S. The Labute approximate surface area is 139 Å². The molecule has 2 aromatic rings. The smallest absolute Gasteiger partial charge is 0.209 e. The topological polar surface area (TPSA) is 69.9 Å². The van der Waals surface area contributed by atoms with Crippen molar-refractivity contribution in [2.24, 2.45) is 0 Å². The normalized spacial score (nSPS) is 17.6. The number of benzene rings is 1. The molecule has 0 amide bonds. The molecule has 1 aromatic heterocycles. The van der Waals surface area contributed by atoms with Crippen molar-refractivity contribution in [1.29, 1.82) is 0 Å². The zero-order valence-corrected chi connectivity index (χ0v) is 14.2. The van der Waals surface area contributed by atoms with Gasteiger partial charge in [-0.2, -0.15) is 0 Å². The van der Waals surface area contributed by atoms with Gasteiger partial charge in [0.15, 0.2) is 5.78 Å². The summed E-state index contributed by atoms with van der Waals surface area (Å²) >= 11 is 1.38. The van der Waals surface area contributed by atoms with Crippen LogP contribution in [0, 0.1) is 13.8 Å². The summed E-state index contributed by atoms with van der Waals surface area (Å²) in [5.74, 6) is 0.429. The van der Waals surface area contributed by atoms with Crippen LogP contribution in [-0.2, 0) is 11.3 Å². The van der Waals surface area contributed by atoms with Gasteiger partial charge in [-0.05, 0) is 48.7 Å². The molecule has 1 saturated heterocycles. The molecular weight excluding hydrogens is 312 g/mol. The Balaban J connectivity index is 1.63. The molecule has 1 aromatic carbocycles. The highest BCUT2D eigenvalue weighted by molar-refractivity contribution is 7.99. The van der Waals surface area contributed by atoms with Crippen molar-refractivity contribution < 1.29 is 9.53 Å². The van der Waals surface area contributed by atoms with Crippen molar-refractivity contribution in [1.82, 2.24) is 20.2 Å². The van der Waals surface area contributed by atoms with E-state index < -0.39 is 0 Å². The number of ether oxygens (including phenoxy) is 1. The number of carbonyl (C=O) groups is 1. The number of nitrogens with zero attached hydrogens (tertiary/aromatic N) is 4. The van der Waals surface area contributed by atoms with E-state index in [4.69, 9.17) is 4.74 Å². The Kier molecular flexibility index (Phi) is 5.07. The molecule has 0 saturated carbocycles. The largest absolute Gasteiger partial charge is 0.376 e. The van der Waals surface area contributed by atoms with E-state index in [1.165, 1.54) is 11.8 Å². The predicted octanol–water partition coefficient (Wildman–Crippen LogP) is 2.44. The van der Waals surface area contributed by atoms with Crippen molar-refractivity contribution in [3.63, 3.8) is 0 Å². The lowest BCUT2D eigenvalue weighted by atomic mass is 10.0. The summed E-state index contributed by atoms with van der Waals surface area (Å²) in [6, 6.07) is 5.93. The Hall–Kier alpha value is -1.73. The fraction of sp³-hybridized carbons (Fsp3) is 0.500. The van der Waals surface area contributed by atoms with E-state index in [0.717, 1.165) is 36.1 Å². The molecule has 7 heteroatoms. The number of rotatable bonds is 6. The van der Waals surface area contributed by atoms with E-state index in [-0.39, 0.29) is 11.9 Å². The minimum atomic E-state index is 0.0999. The molecule has 23 heavy (non-hydrogen) atoms. The van der Waals surface area contributed by atoms with Gasteiger partial charge in [0.2, 0.25) is 5.16 Å². The van der Waals surface area contributed by atoms with Crippen LogP contribution in [0.15, 0.2) is 23.4 Å². The number of tetrazole rings is 1. The second-order valence-electron chi connectivity index (χ2n) is 5.81. The molecule has 1 unspecified atom stereocenters. The Morgan fingerprint density at radius 1 is 1.43 bits per heavy atom. The lowest BCUT2D eigenvalue weighted by Gasteiger charge is -2.10. The summed E-state index contributed by atoms with van der Waals surface area (Å²) in [4.78, 5) is 12.4. The summed E-state index contributed by atoms with van der Waals surface area (Å²) in [5.41, 5.74) is 2.86. The van der Waals surface area contributed by atoms with Crippen LogP contribution in [0.1, 0.15) is 34.3 Å². The van der Waals surface area contributed by atoms with E-state index >= 15 is 0 Å². The third kappa shape index (κ3) is 3.97. The third-order valence-electron chi connectivity index (χ3n) is 3.93. The van der Waals surface area contributed by atoms with Gasteiger partial charge >= 0.3 is 0 Å². The van der Waals surface area contributed by atoms with Crippen molar-refractivity contribution >= 4 is 17.5 Å². The second-order valence-corrected chi connectivity index (χ2v) is 6.75. The molecule has 2 heterocycles. The SMILES string of the molecule is Cc1ccc(C)c(C(=O)CSc2nnnn2CC2CCCO2)c1. The first-order valence-electron chi connectivity index (χ1n) is 7.74. The lowest BCUT2D eigenvalue weighted by Crippen LogP contribution is -2.17. The van der Waals surface area contributed by atoms with Crippen LogP contribution in [0.2, 0.25) is 0 Å². The third-order valence-corrected chi connectivity index (χ3v) is 4.88. The van der Waals surface area contributed by atoms with Gasteiger partial charge in [0, 0.05) is 12.2 Å². The van der Waals surface area contributed by atoms with Gasteiger partial charge < -0.3 is 4.74 Å². The molecule has 6 nitrogen and oxygen atoms in total. The maximum Gasteiger partial charge on any atom is 0.209 e. The van der Waals surface area contributed by atoms with Gasteiger partial charge in [-0.3, -0.25) is 4.79 Å². The molecule has 1 atom stereocenters. The summed E-state index contributed by atoms with van der Waals surface area (Å²) in [6.45, 7) is 5.40. The fourth-order valence-electron chi connectivity index (χ4n) is 2.64. The maximum absolute atomic E-state index is 12.4. The fourth-order valence-corrected chi connectivity index (χ4v) is 3.41. The summed E-state index contributed by atoms with van der Waals surface area (Å²) in [6.07, 6.45) is 2.29.